The zero-order valence-corrected chi connectivity index (χ0v) is 30.9. The van der Waals surface area contributed by atoms with Crippen molar-refractivity contribution in [1.29, 1.82) is 0 Å². The van der Waals surface area contributed by atoms with Crippen LogP contribution in [0.5, 0.6) is 0 Å². The Labute approximate surface area is 277 Å². The summed E-state index contributed by atoms with van der Waals surface area (Å²) in [6.45, 7) is 14.2. The standard InChI is InChI=1S/C42H86.CH4/c1-7-9-11-13-15-23-29-35-41(37-31-25-19-17-21-27-33-39(3)4)42(36-30-24-16-14-12-10-8-2)38-32-26-20-18-22-28-34-40(5)6;/h39-42H,7-38H2,1-6H3;1H4. The molecule has 0 aromatic carbocycles. The topological polar surface area (TPSA) is 0 Å². The lowest BCUT2D eigenvalue weighted by Gasteiger charge is -2.28. The van der Waals surface area contributed by atoms with E-state index in [-0.39, 0.29) is 7.43 Å². The molecule has 0 aliphatic rings. The second-order valence-electron chi connectivity index (χ2n) is 15.5. The van der Waals surface area contributed by atoms with E-state index in [0.717, 1.165) is 23.7 Å². The summed E-state index contributed by atoms with van der Waals surface area (Å²) in [5.74, 6) is 3.81. The smallest absolute Gasteiger partial charge is 0.0386 e. The largest absolute Gasteiger partial charge is 0.0776 e. The van der Waals surface area contributed by atoms with Crippen molar-refractivity contribution in [3.63, 3.8) is 0 Å². The maximum Gasteiger partial charge on any atom is -0.0386 e. The van der Waals surface area contributed by atoms with E-state index in [1.54, 1.807) is 12.8 Å². The summed E-state index contributed by atoms with van der Waals surface area (Å²) in [7, 11) is 0. The molecule has 0 heteroatoms. The Morgan fingerprint density at radius 2 is 0.442 bits per heavy atom. The van der Waals surface area contributed by atoms with E-state index in [0.29, 0.717) is 0 Å². The Kier molecular flexibility index (Phi) is 38.3. The van der Waals surface area contributed by atoms with Crippen LogP contribution in [-0.2, 0) is 0 Å². The van der Waals surface area contributed by atoms with Crippen LogP contribution in [0.1, 0.15) is 254 Å². The lowest BCUT2D eigenvalue weighted by molar-refractivity contribution is 0.236. The molecule has 0 radical (unpaired) electrons. The average Bonchev–Trinajstić information content (AvgIpc) is 2.96. The molecule has 0 aromatic heterocycles. The first-order valence-corrected chi connectivity index (χ1v) is 20.5. The molecule has 0 bridgehead atoms. The highest BCUT2D eigenvalue weighted by Crippen LogP contribution is 2.34. The van der Waals surface area contributed by atoms with E-state index in [2.05, 4.69) is 41.5 Å². The number of hydrogen-bond donors (Lipinski definition) is 0. The van der Waals surface area contributed by atoms with Gasteiger partial charge in [-0.1, -0.05) is 254 Å². The predicted octanol–water partition coefficient (Wildman–Crippen LogP) is 16.7. The molecule has 0 saturated carbocycles. The van der Waals surface area contributed by atoms with E-state index >= 15 is 0 Å². The fraction of sp³-hybridized carbons (Fsp3) is 1.00. The van der Waals surface area contributed by atoms with E-state index in [9.17, 15) is 0 Å². The summed E-state index contributed by atoms with van der Waals surface area (Å²) in [6.07, 6.45) is 47.3. The number of unbranched alkanes of at least 4 members (excludes halogenated alkanes) is 22. The SMILES string of the molecule is C.CCCCCCCCCC(CCCCCCCCC(C)C)C(CCCCCCCCC)CCCCCCCCC(C)C. The molecule has 0 aromatic rings. The minimum atomic E-state index is 0. The van der Waals surface area contributed by atoms with E-state index in [4.69, 9.17) is 0 Å². The van der Waals surface area contributed by atoms with E-state index < -0.39 is 0 Å². The van der Waals surface area contributed by atoms with Gasteiger partial charge in [0.15, 0.2) is 0 Å². The Morgan fingerprint density at radius 3 is 0.651 bits per heavy atom. The van der Waals surface area contributed by atoms with E-state index in [1.165, 1.54) is 193 Å². The normalized spacial score (nSPS) is 13.1. The van der Waals surface area contributed by atoms with Crippen molar-refractivity contribution < 1.29 is 0 Å². The van der Waals surface area contributed by atoms with Gasteiger partial charge in [0.2, 0.25) is 0 Å². The zero-order valence-electron chi connectivity index (χ0n) is 30.9. The fourth-order valence-electron chi connectivity index (χ4n) is 7.29. The van der Waals surface area contributed by atoms with Crippen molar-refractivity contribution >= 4 is 0 Å². The summed E-state index contributed by atoms with van der Waals surface area (Å²) in [5.41, 5.74) is 0. The van der Waals surface area contributed by atoms with Gasteiger partial charge in [0.1, 0.15) is 0 Å². The van der Waals surface area contributed by atoms with Crippen LogP contribution in [0, 0.1) is 23.7 Å². The molecule has 262 valence electrons. The second-order valence-corrected chi connectivity index (χ2v) is 15.5. The Balaban J connectivity index is 0. The maximum atomic E-state index is 2.38. The molecule has 0 spiro atoms. The van der Waals surface area contributed by atoms with Crippen LogP contribution in [0.15, 0.2) is 0 Å². The van der Waals surface area contributed by atoms with Gasteiger partial charge in [0.05, 0.1) is 0 Å². The zero-order chi connectivity index (χ0) is 30.9. The summed E-state index contributed by atoms with van der Waals surface area (Å²) in [4.78, 5) is 0. The van der Waals surface area contributed by atoms with Crippen LogP contribution in [0.4, 0.5) is 0 Å². The summed E-state index contributed by atoms with van der Waals surface area (Å²) < 4.78 is 0. The summed E-state index contributed by atoms with van der Waals surface area (Å²) in [6, 6.07) is 0. The lowest BCUT2D eigenvalue weighted by Crippen LogP contribution is -2.16. The van der Waals surface area contributed by atoms with Gasteiger partial charge in [-0.05, 0) is 23.7 Å². The van der Waals surface area contributed by atoms with Gasteiger partial charge in [-0.25, -0.2) is 0 Å². The van der Waals surface area contributed by atoms with Gasteiger partial charge in [-0.15, -0.1) is 0 Å². The van der Waals surface area contributed by atoms with Crippen molar-refractivity contribution in [2.45, 2.75) is 254 Å². The van der Waals surface area contributed by atoms with Crippen molar-refractivity contribution in [3.05, 3.63) is 0 Å². The van der Waals surface area contributed by atoms with Gasteiger partial charge >= 0.3 is 0 Å². The van der Waals surface area contributed by atoms with Crippen molar-refractivity contribution in [2.24, 2.45) is 23.7 Å². The molecule has 0 aliphatic heterocycles. The van der Waals surface area contributed by atoms with Crippen LogP contribution < -0.4 is 0 Å². The molecule has 0 amide bonds. The number of rotatable bonds is 35. The summed E-state index contributed by atoms with van der Waals surface area (Å²) >= 11 is 0. The highest BCUT2D eigenvalue weighted by Gasteiger charge is 2.20. The second kappa shape index (κ2) is 36.5. The Hall–Kier alpha value is 0. The van der Waals surface area contributed by atoms with Gasteiger partial charge in [0.25, 0.3) is 0 Å². The number of hydrogen-bond acceptors (Lipinski definition) is 0. The van der Waals surface area contributed by atoms with Crippen LogP contribution in [0.2, 0.25) is 0 Å². The van der Waals surface area contributed by atoms with Crippen molar-refractivity contribution in [3.8, 4) is 0 Å². The molecule has 0 nitrogen and oxygen atoms in total. The molecule has 0 rings (SSSR count). The van der Waals surface area contributed by atoms with Gasteiger partial charge in [-0.3, -0.25) is 0 Å². The molecule has 2 unspecified atom stereocenters. The first-order chi connectivity index (χ1) is 20.5. The van der Waals surface area contributed by atoms with Gasteiger partial charge in [0, 0.05) is 0 Å². The Bertz CT molecular complexity index is 432. The van der Waals surface area contributed by atoms with Crippen molar-refractivity contribution in [1.82, 2.24) is 0 Å². The Morgan fingerprint density at radius 1 is 0.256 bits per heavy atom. The highest BCUT2D eigenvalue weighted by atomic mass is 14.3. The van der Waals surface area contributed by atoms with Crippen molar-refractivity contribution in [2.75, 3.05) is 0 Å². The predicted molar refractivity (Wildman–Crippen MR) is 202 cm³/mol. The lowest BCUT2D eigenvalue weighted by atomic mass is 9.78. The summed E-state index contributed by atoms with van der Waals surface area (Å²) in [5, 5.41) is 0. The molecule has 43 heavy (non-hydrogen) atoms. The van der Waals surface area contributed by atoms with Crippen LogP contribution in [0.3, 0.4) is 0 Å². The van der Waals surface area contributed by atoms with Crippen LogP contribution >= 0.6 is 0 Å². The molecule has 0 N–H and O–H groups in total. The molecular weight excluding hydrogens is 516 g/mol. The van der Waals surface area contributed by atoms with E-state index in [1.807, 2.05) is 0 Å². The first-order valence-electron chi connectivity index (χ1n) is 20.5. The first kappa shape index (κ1) is 45.1. The fourth-order valence-corrected chi connectivity index (χ4v) is 7.29. The van der Waals surface area contributed by atoms with Gasteiger partial charge in [-0.2, -0.15) is 0 Å². The molecule has 2 atom stereocenters. The third kappa shape index (κ3) is 34.7. The van der Waals surface area contributed by atoms with Crippen LogP contribution in [0.25, 0.3) is 0 Å². The molecule has 0 aliphatic carbocycles. The minimum absolute atomic E-state index is 0. The molecule has 0 fully saturated rings. The monoisotopic (exact) mass is 607 g/mol. The molecule has 0 heterocycles. The third-order valence-electron chi connectivity index (χ3n) is 10.2. The molecule has 0 saturated heterocycles. The van der Waals surface area contributed by atoms with Crippen LogP contribution in [-0.4, -0.2) is 0 Å². The molecular formula is C43H90. The third-order valence-corrected chi connectivity index (χ3v) is 10.2. The van der Waals surface area contributed by atoms with Gasteiger partial charge < -0.3 is 0 Å². The quantitative estimate of drug-likeness (QED) is 0.0629. The maximum absolute atomic E-state index is 2.38. The average molecular weight is 607 g/mol. The minimum Gasteiger partial charge on any atom is -0.0776 e. The highest BCUT2D eigenvalue weighted by molar-refractivity contribution is 4.72.